The fourth-order valence-corrected chi connectivity index (χ4v) is 3.38. The van der Waals surface area contributed by atoms with Crippen LogP contribution < -0.4 is 5.32 Å². The zero-order valence-electron chi connectivity index (χ0n) is 12.7. The van der Waals surface area contributed by atoms with Crippen molar-refractivity contribution in [1.82, 2.24) is 10.2 Å². The fraction of sp³-hybridized carbons (Fsp3) is 0.933. The van der Waals surface area contributed by atoms with Crippen LogP contribution >= 0.6 is 0 Å². The van der Waals surface area contributed by atoms with Gasteiger partial charge in [0.2, 0.25) is 0 Å². The summed E-state index contributed by atoms with van der Waals surface area (Å²) in [7, 11) is 0. The minimum atomic E-state index is -0.866. The van der Waals surface area contributed by atoms with Crippen molar-refractivity contribution in [2.75, 3.05) is 26.2 Å². The molecule has 2 rings (SSSR count). The highest BCUT2D eigenvalue weighted by Crippen LogP contribution is 2.29. The molecule has 3 atom stereocenters. The van der Waals surface area contributed by atoms with E-state index in [0.29, 0.717) is 18.7 Å². The van der Waals surface area contributed by atoms with Crippen molar-refractivity contribution >= 4 is 5.97 Å². The van der Waals surface area contributed by atoms with Gasteiger partial charge in [-0.05, 0) is 32.7 Å². The summed E-state index contributed by atoms with van der Waals surface area (Å²) in [6, 6.07) is 0.402. The van der Waals surface area contributed by atoms with Gasteiger partial charge in [-0.1, -0.05) is 19.8 Å². The van der Waals surface area contributed by atoms with Crippen molar-refractivity contribution in [3.05, 3.63) is 0 Å². The van der Waals surface area contributed by atoms with Crippen LogP contribution in [0.5, 0.6) is 0 Å². The molecule has 0 aromatic heterocycles. The highest BCUT2D eigenvalue weighted by atomic mass is 16.5. The number of rotatable bonds is 6. The van der Waals surface area contributed by atoms with Gasteiger partial charge in [-0.15, -0.1) is 0 Å². The molecule has 1 aliphatic heterocycles. The number of hydrogen-bond donors (Lipinski definition) is 2. The molecule has 116 valence electrons. The van der Waals surface area contributed by atoms with Crippen LogP contribution in [0.1, 0.15) is 46.0 Å². The number of carboxylic acid groups (broad SMARTS) is 1. The molecule has 2 N–H and O–H groups in total. The Morgan fingerprint density at radius 3 is 2.90 bits per heavy atom. The van der Waals surface area contributed by atoms with Crippen LogP contribution in [0.4, 0.5) is 0 Å². The number of nitrogens with one attached hydrogen (secondary N) is 1. The summed E-state index contributed by atoms with van der Waals surface area (Å²) in [6.45, 7) is 6.73. The molecule has 0 aromatic rings. The third-order valence-electron chi connectivity index (χ3n) is 4.60. The first-order valence-corrected chi connectivity index (χ1v) is 7.91. The molecule has 0 amide bonds. The number of morpholine rings is 1. The number of carbonyl (C=O) groups is 1. The van der Waals surface area contributed by atoms with Gasteiger partial charge in [-0.25, -0.2) is 0 Å². The SMILES string of the molecule is CCCNC(C)(CN1CCOC2CCCCC21)C(=O)O. The molecular formula is C15H28N2O3. The Labute approximate surface area is 121 Å². The molecule has 2 fully saturated rings. The van der Waals surface area contributed by atoms with Crippen molar-refractivity contribution < 1.29 is 14.6 Å². The molecule has 1 heterocycles. The van der Waals surface area contributed by atoms with E-state index in [4.69, 9.17) is 4.74 Å². The third-order valence-corrected chi connectivity index (χ3v) is 4.60. The lowest BCUT2D eigenvalue weighted by atomic mass is 9.88. The van der Waals surface area contributed by atoms with Crippen LogP contribution in [0, 0.1) is 0 Å². The maximum absolute atomic E-state index is 11.6. The Bertz CT molecular complexity index is 335. The third kappa shape index (κ3) is 3.51. The summed E-state index contributed by atoms with van der Waals surface area (Å²) < 4.78 is 5.86. The molecule has 0 radical (unpaired) electrons. The first kappa shape index (κ1) is 15.7. The first-order chi connectivity index (χ1) is 9.57. The van der Waals surface area contributed by atoms with Crippen molar-refractivity contribution in [3.63, 3.8) is 0 Å². The van der Waals surface area contributed by atoms with Crippen LogP contribution in [0.15, 0.2) is 0 Å². The first-order valence-electron chi connectivity index (χ1n) is 7.91. The number of hydrogen-bond acceptors (Lipinski definition) is 4. The van der Waals surface area contributed by atoms with Gasteiger partial charge in [-0.2, -0.15) is 0 Å². The summed E-state index contributed by atoms with van der Waals surface area (Å²) in [6.07, 6.45) is 5.97. The molecule has 5 nitrogen and oxygen atoms in total. The molecule has 0 bridgehead atoms. The van der Waals surface area contributed by atoms with Gasteiger partial charge in [0.05, 0.1) is 12.7 Å². The molecular weight excluding hydrogens is 256 g/mol. The van der Waals surface area contributed by atoms with E-state index in [1.165, 1.54) is 12.8 Å². The van der Waals surface area contributed by atoms with Gasteiger partial charge in [0.1, 0.15) is 5.54 Å². The molecule has 20 heavy (non-hydrogen) atoms. The maximum atomic E-state index is 11.6. The van der Waals surface area contributed by atoms with Crippen molar-refractivity contribution in [2.45, 2.75) is 63.6 Å². The second kappa shape index (κ2) is 6.87. The lowest BCUT2D eigenvalue weighted by Gasteiger charge is -2.46. The zero-order valence-corrected chi connectivity index (χ0v) is 12.7. The van der Waals surface area contributed by atoms with E-state index in [2.05, 4.69) is 17.1 Å². The molecule has 5 heteroatoms. The van der Waals surface area contributed by atoms with E-state index in [9.17, 15) is 9.90 Å². The Balaban J connectivity index is 2.02. The number of carboxylic acids is 1. The average Bonchev–Trinajstić information content (AvgIpc) is 2.45. The van der Waals surface area contributed by atoms with Crippen LogP contribution in [-0.4, -0.2) is 59.9 Å². The lowest BCUT2D eigenvalue weighted by Crippen LogP contribution is -2.62. The topological polar surface area (TPSA) is 61.8 Å². The monoisotopic (exact) mass is 284 g/mol. The quantitative estimate of drug-likeness (QED) is 0.773. The zero-order chi connectivity index (χ0) is 14.6. The molecule has 2 aliphatic rings. The van der Waals surface area contributed by atoms with Crippen LogP contribution in [0.25, 0.3) is 0 Å². The second-order valence-corrected chi connectivity index (χ2v) is 6.30. The van der Waals surface area contributed by atoms with Gasteiger partial charge in [0.25, 0.3) is 0 Å². The predicted molar refractivity (Wildman–Crippen MR) is 77.9 cm³/mol. The number of aliphatic carboxylic acids is 1. The molecule has 0 spiro atoms. The fourth-order valence-electron chi connectivity index (χ4n) is 3.38. The minimum absolute atomic E-state index is 0.307. The number of fused-ring (bicyclic) bond motifs is 1. The maximum Gasteiger partial charge on any atom is 0.324 e. The summed E-state index contributed by atoms with van der Waals surface area (Å²) in [4.78, 5) is 14.0. The van der Waals surface area contributed by atoms with Crippen LogP contribution in [0.3, 0.4) is 0 Å². The molecule has 1 saturated carbocycles. The Hall–Kier alpha value is -0.650. The summed E-state index contributed by atoms with van der Waals surface area (Å²) in [5.41, 5.74) is -0.866. The van der Waals surface area contributed by atoms with Gasteiger partial charge < -0.3 is 15.2 Å². The van der Waals surface area contributed by atoms with E-state index < -0.39 is 11.5 Å². The van der Waals surface area contributed by atoms with E-state index in [0.717, 1.165) is 39.0 Å². The van der Waals surface area contributed by atoms with E-state index >= 15 is 0 Å². The van der Waals surface area contributed by atoms with Gasteiger partial charge in [-0.3, -0.25) is 9.69 Å². The molecule has 1 saturated heterocycles. The largest absolute Gasteiger partial charge is 0.480 e. The summed E-state index contributed by atoms with van der Waals surface area (Å²) in [5, 5.41) is 12.8. The van der Waals surface area contributed by atoms with Crippen molar-refractivity contribution in [1.29, 1.82) is 0 Å². The molecule has 0 aromatic carbocycles. The average molecular weight is 284 g/mol. The van der Waals surface area contributed by atoms with E-state index in [1.54, 1.807) is 6.92 Å². The predicted octanol–water partition coefficient (Wildman–Crippen LogP) is 1.47. The second-order valence-electron chi connectivity index (χ2n) is 6.30. The molecule has 1 aliphatic carbocycles. The molecule has 3 unspecified atom stereocenters. The highest BCUT2D eigenvalue weighted by molar-refractivity contribution is 5.78. The summed E-state index contributed by atoms with van der Waals surface area (Å²) in [5.74, 6) is -0.759. The van der Waals surface area contributed by atoms with Crippen molar-refractivity contribution in [3.8, 4) is 0 Å². The van der Waals surface area contributed by atoms with Gasteiger partial charge in [0, 0.05) is 19.1 Å². The summed E-state index contributed by atoms with van der Waals surface area (Å²) >= 11 is 0. The van der Waals surface area contributed by atoms with Crippen LogP contribution in [-0.2, 0) is 9.53 Å². The van der Waals surface area contributed by atoms with Gasteiger partial charge in [0.15, 0.2) is 0 Å². The smallest absolute Gasteiger partial charge is 0.324 e. The Morgan fingerprint density at radius 1 is 1.45 bits per heavy atom. The minimum Gasteiger partial charge on any atom is -0.480 e. The van der Waals surface area contributed by atoms with E-state index in [1.807, 2.05) is 0 Å². The van der Waals surface area contributed by atoms with E-state index in [-0.39, 0.29) is 0 Å². The van der Waals surface area contributed by atoms with Crippen LogP contribution in [0.2, 0.25) is 0 Å². The van der Waals surface area contributed by atoms with Crippen molar-refractivity contribution in [2.24, 2.45) is 0 Å². The number of ether oxygens (including phenoxy) is 1. The normalized spacial score (nSPS) is 30.5. The standard InChI is InChI=1S/C15H28N2O3/c1-3-8-16-15(2,14(18)19)11-17-9-10-20-13-7-5-4-6-12(13)17/h12-13,16H,3-11H2,1-2H3,(H,18,19). The Morgan fingerprint density at radius 2 is 2.20 bits per heavy atom. The Kier molecular flexibility index (Phi) is 5.41. The lowest BCUT2D eigenvalue weighted by molar-refractivity contribution is -0.148. The van der Waals surface area contributed by atoms with Gasteiger partial charge >= 0.3 is 5.97 Å². The number of nitrogens with zero attached hydrogens (tertiary/aromatic N) is 1. The highest BCUT2D eigenvalue weighted by Gasteiger charge is 2.40.